The van der Waals surface area contributed by atoms with Crippen LogP contribution in [0.1, 0.15) is 6.92 Å². The highest BCUT2D eigenvalue weighted by Crippen LogP contribution is 2.52. The van der Waals surface area contributed by atoms with Crippen molar-refractivity contribution in [3.05, 3.63) is 0 Å². The molecule has 0 aromatic carbocycles. The van der Waals surface area contributed by atoms with Crippen LogP contribution in [0.2, 0.25) is 0 Å². The first-order valence-electron chi connectivity index (χ1n) is 2.22. The van der Waals surface area contributed by atoms with Gasteiger partial charge in [0, 0.05) is 0 Å². The Balaban J connectivity index is 2.52. The van der Waals surface area contributed by atoms with Gasteiger partial charge in [0.2, 0.25) is 0 Å². The third kappa shape index (κ3) is 1.09. The highest BCUT2D eigenvalue weighted by Gasteiger charge is 2.48. The molecule has 0 aliphatic carbocycles. The molecule has 0 aromatic rings. The zero-order valence-electron chi connectivity index (χ0n) is 4.31. The van der Waals surface area contributed by atoms with E-state index in [0.717, 1.165) is 0 Å². The van der Waals surface area contributed by atoms with Crippen molar-refractivity contribution in [2.75, 3.05) is 0 Å². The SMILES string of the molecule is CC1O[C@H]1P(=O)(O)O. The third-order valence-corrected chi connectivity index (χ3v) is 2.22. The van der Waals surface area contributed by atoms with Crippen LogP contribution in [0, 0.1) is 0 Å². The summed E-state index contributed by atoms with van der Waals surface area (Å²) in [5, 5.41) is 0. The molecule has 0 bridgehead atoms. The molecule has 1 aliphatic heterocycles. The highest BCUT2D eigenvalue weighted by molar-refractivity contribution is 7.52. The molecular formula is C3H7O4P. The van der Waals surface area contributed by atoms with E-state index >= 15 is 0 Å². The van der Waals surface area contributed by atoms with Crippen LogP contribution in [0.15, 0.2) is 0 Å². The van der Waals surface area contributed by atoms with Gasteiger partial charge in [0.15, 0.2) is 5.85 Å². The summed E-state index contributed by atoms with van der Waals surface area (Å²) < 4.78 is 14.7. The van der Waals surface area contributed by atoms with Gasteiger partial charge in [-0.3, -0.25) is 4.57 Å². The smallest absolute Gasteiger partial charge is 0.356 e. The van der Waals surface area contributed by atoms with Crippen LogP contribution < -0.4 is 0 Å². The lowest BCUT2D eigenvalue weighted by Crippen LogP contribution is -1.89. The van der Waals surface area contributed by atoms with E-state index in [9.17, 15) is 4.57 Å². The van der Waals surface area contributed by atoms with Crippen molar-refractivity contribution in [2.45, 2.75) is 18.9 Å². The largest absolute Gasteiger partial charge is 0.356 e. The number of rotatable bonds is 1. The molecule has 0 radical (unpaired) electrons. The van der Waals surface area contributed by atoms with Gasteiger partial charge < -0.3 is 14.5 Å². The first-order valence-corrected chi connectivity index (χ1v) is 3.90. The lowest BCUT2D eigenvalue weighted by molar-refractivity contribution is 0.333. The summed E-state index contributed by atoms with van der Waals surface area (Å²) in [6.45, 7) is 1.63. The first kappa shape index (κ1) is 6.23. The van der Waals surface area contributed by atoms with E-state index < -0.39 is 13.4 Å². The van der Waals surface area contributed by atoms with Crippen LogP contribution in [-0.2, 0) is 9.30 Å². The predicted octanol–water partition coefficient (Wildman–Crippen LogP) is -0.0911. The number of hydrogen-bond donors (Lipinski definition) is 2. The van der Waals surface area contributed by atoms with Crippen molar-refractivity contribution in [3.8, 4) is 0 Å². The molecule has 48 valence electrons. The number of epoxide rings is 1. The zero-order chi connectivity index (χ0) is 6.36. The first-order chi connectivity index (χ1) is 3.52. The number of hydrogen-bond acceptors (Lipinski definition) is 2. The molecule has 1 unspecified atom stereocenters. The van der Waals surface area contributed by atoms with Gasteiger partial charge in [-0.15, -0.1) is 0 Å². The van der Waals surface area contributed by atoms with Gasteiger partial charge in [0.1, 0.15) is 0 Å². The maximum absolute atomic E-state index is 10.2. The molecule has 0 aromatic heterocycles. The van der Waals surface area contributed by atoms with Gasteiger partial charge in [-0.05, 0) is 6.92 Å². The Morgan fingerprint density at radius 3 is 2.00 bits per heavy atom. The lowest BCUT2D eigenvalue weighted by Gasteiger charge is -1.93. The molecule has 1 saturated heterocycles. The standard InChI is InChI=1S/C3H7O4P/c1-2-3(7-2)8(4,5)6/h2-3H,1H3,(H2,4,5,6)/t2?,3-/m0/s1. The molecule has 0 saturated carbocycles. The second-order valence-corrected chi connectivity index (χ2v) is 3.51. The minimum Gasteiger partial charge on any atom is -0.356 e. The second kappa shape index (κ2) is 1.54. The fourth-order valence-electron chi connectivity index (χ4n) is 0.527. The fourth-order valence-corrected chi connectivity index (χ4v) is 1.42. The maximum Gasteiger partial charge on any atom is 0.356 e. The van der Waals surface area contributed by atoms with Crippen molar-refractivity contribution >= 4 is 7.60 Å². The van der Waals surface area contributed by atoms with Crippen LogP contribution in [0.5, 0.6) is 0 Å². The summed E-state index contributed by atoms with van der Waals surface area (Å²) in [7, 11) is -3.90. The van der Waals surface area contributed by atoms with E-state index in [2.05, 4.69) is 4.74 Å². The molecule has 0 amide bonds. The molecule has 0 spiro atoms. The zero-order valence-corrected chi connectivity index (χ0v) is 5.21. The van der Waals surface area contributed by atoms with Gasteiger partial charge in [-0.25, -0.2) is 0 Å². The summed E-state index contributed by atoms with van der Waals surface area (Å²) in [5.41, 5.74) is 0. The monoisotopic (exact) mass is 138 g/mol. The van der Waals surface area contributed by atoms with E-state index in [-0.39, 0.29) is 6.10 Å². The summed E-state index contributed by atoms with van der Waals surface area (Å²) in [5.74, 6) is -0.817. The topological polar surface area (TPSA) is 70.1 Å². The maximum atomic E-state index is 10.2. The third-order valence-electron chi connectivity index (χ3n) is 1.01. The molecular weight excluding hydrogens is 131 g/mol. The molecule has 1 rings (SSSR count). The van der Waals surface area contributed by atoms with Crippen LogP contribution in [0.3, 0.4) is 0 Å². The Hall–Kier alpha value is 0.110. The van der Waals surface area contributed by atoms with Crippen LogP contribution in [0.4, 0.5) is 0 Å². The van der Waals surface area contributed by atoms with E-state index in [4.69, 9.17) is 9.79 Å². The van der Waals surface area contributed by atoms with Crippen molar-refractivity contribution in [1.82, 2.24) is 0 Å². The van der Waals surface area contributed by atoms with Crippen LogP contribution in [-0.4, -0.2) is 21.7 Å². The van der Waals surface area contributed by atoms with E-state index in [0.29, 0.717) is 0 Å². The summed E-state index contributed by atoms with van der Waals surface area (Å²) >= 11 is 0. The van der Waals surface area contributed by atoms with Gasteiger partial charge in [0.25, 0.3) is 0 Å². The minimum atomic E-state index is -3.90. The summed E-state index contributed by atoms with van der Waals surface area (Å²) in [6.07, 6.45) is -0.254. The van der Waals surface area contributed by atoms with Crippen molar-refractivity contribution < 1.29 is 19.1 Å². The quantitative estimate of drug-likeness (QED) is 0.392. The second-order valence-electron chi connectivity index (χ2n) is 1.82. The van der Waals surface area contributed by atoms with Gasteiger partial charge in [-0.2, -0.15) is 0 Å². The van der Waals surface area contributed by atoms with Crippen molar-refractivity contribution in [3.63, 3.8) is 0 Å². The average molecular weight is 138 g/mol. The summed E-state index contributed by atoms with van der Waals surface area (Å²) in [6, 6.07) is 0. The molecule has 2 atom stereocenters. The Morgan fingerprint density at radius 2 is 2.00 bits per heavy atom. The van der Waals surface area contributed by atoms with Crippen LogP contribution >= 0.6 is 7.60 Å². The van der Waals surface area contributed by atoms with Crippen molar-refractivity contribution in [2.24, 2.45) is 0 Å². The van der Waals surface area contributed by atoms with Crippen LogP contribution in [0.25, 0.3) is 0 Å². The Bertz CT molecular complexity index is 138. The normalized spacial score (nSPS) is 37.4. The fraction of sp³-hybridized carbons (Fsp3) is 1.00. The lowest BCUT2D eigenvalue weighted by atomic mass is 10.6. The average Bonchev–Trinajstić information content (AvgIpc) is 2.13. The molecule has 1 aliphatic rings. The predicted molar refractivity (Wildman–Crippen MR) is 26.4 cm³/mol. The van der Waals surface area contributed by atoms with Gasteiger partial charge in [0.05, 0.1) is 6.10 Å². The molecule has 8 heavy (non-hydrogen) atoms. The molecule has 1 heterocycles. The Morgan fingerprint density at radius 1 is 1.62 bits per heavy atom. The highest BCUT2D eigenvalue weighted by atomic mass is 31.2. The molecule has 5 heteroatoms. The van der Waals surface area contributed by atoms with Crippen molar-refractivity contribution in [1.29, 1.82) is 0 Å². The van der Waals surface area contributed by atoms with Gasteiger partial charge in [-0.1, -0.05) is 0 Å². The molecule has 4 nitrogen and oxygen atoms in total. The Kier molecular flexibility index (Phi) is 1.20. The minimum absolute atomic E-state index is 0.254. The van der Waals surface area contributed by atoms with Gasteiger partial charge >= 0.3 is 7.60 Å². The number of ether oxygens (including phenoxy) is 1. The Labute approximate surface area is 46.6 Å². The van der Waals surface area contributed by atoms with E-state index in [1.807, 2.05) is 0 Å². The van der Waals surface area contributed by atoms with E-state index in [1.165, 1.54) is 0 Å². The molecule has 2 N–H and O–H groups in total. The molecule has 1 fully saturated rings. The summed E-state index contributed by atoms with van der Waals surface area (Å²) in [4.78, 5) is 16.6. The van der Waals surface area contributed by atoms with E-state index in [1.54, 1.807) is 6.92 Å².